The largest absolute Gasteiger partial charge is 0.465 e. The van der Waals surface area contributed by atoms with Crippen LogP contribution in [0.1, 0.15) is 5.76 Å². The first-order chi connectivity index (χ1) is 7.18. The van der Waals surface area contributed by atoms with Crippen LogP contribution in [0, 0.1) is 0 Å². The van der Waals surface area contributed by atoms with Crippen molar-refractivity contribution in [2.45, 2.75) is 0 Å². The highest BCUT2D eigenvalue weighted by Crippen LogP contribution is 2.02. The van der Waals surface area contributed by atoms with E-state index in [1.807, 2.05) is 19.0 Å². The van der Waals surface area contributed by atoms with Gasteiger partial charge < -0.3 is 14.1 Å². The van der Waals surface area contributed by atoms with E-state index in [1.54, 1.807) is 24.5 Å². The van der Waals surface area contributed by atoms with Crippen LogP contribution in [0.4, 0.5) is 0 Å². The summed E-state index contributed by atoms with van der Waals surface area (Å²) in [6, 6.07) is 3.53. The Labute approximate surface area is 89.1 Å². The van der Waals surface area contributed by atoms with Crippen LogP contribution in [0.5, 0.6) is 0 Å². The highest BCUT2D eigenvalue weighted by Gasteiger charge is 1.97. The second-order valence-electron chi connectivity index (χ2n) is 3.32. The second kappa shape index (κ2) is 6.03. The lowest BCUT2D eigenvalue weighted by Crippen LogP contribution is -2.19. The summed E-state index contributed by atoms with van der Waals surface area (Å²) in [5, 5.41) is 0. The van der Waals surface area contributed by atoms with Gasteiger partial charge in [0.1, 0.15) is 12.4 Å². The molecular formula is C11H15NO3. The van der Waals surface area contributed by atoms with E-state index in [9.17, 15) is 4.79 Å². The first kappa shape index (κ1) is 11.5. The van der Waals surface area contributed by atoms with Crippen molar-refractivity contribution in [1.29, 1.82) is 0 Å². The quantitative estimate of drug-likeness (QED) is 0.543. The number of ether oxygens (including phenoxy) is 1. The van der Waals surface area contributed by atoms with Gasteiger partial charge in [-0.15, -0.1) is 0 Å². The van der Waals surface area contributed by atoms with Crippen LogP contribution >= 0.6 is 0 Å². The zero-order valence-corrected chi connectivity index (χ0v) is 8.97. The zero-order valence-electron chi connectivity index (χ0n) is 8.97. The highest BCUT2D eigenvalue weighted by molar-refractivity contribution is 5.86. The molecule has 0 aromatic carbocycles. The molecule has 0 aliphatic rings. The number of hydrogen-bond donors (Lipinski definition) is 0. The molecule has 0 amide bonds. The van der Waals surface area contributed by atoms with E-state index in [2.05, 4.69) is 0 Å². The van der Waals surface area contributed by atoms with Gasteiger partial charge >= 0.3 is 5.97 Å². The number of rotatable bonds is 5. The molecule has 4 nitrogen and oxygen atoms in total. The standard InChI is InChI=1S/C11H15NO3/c1-12(2)7-9-15-11(13)6-5-10-4-3-8-14-10/h3-6,8H,7,9H2,1-2H3/b6-5+. The highest BCUT2D eigenvalue weighted by atomic mass is 16.5. The van der Waals surface area contributed by atoms with Gasteiger partial charge in [-0.2, -0.15) is 0 Å². The van der Waals surface area contributed by atoms with Gasteiger partial charge in [0.2, 0.25) is 0 Å². The number of likely N-dealkylation sites (N-methyl/N-ethyl adjacent to an activating group) is 1. The Morgan fingerprint density at radius 3 is 3.00 bits per heavy atom. The molecule has 82 valence electrons. The van der Waals surface area contributed by atoms with Crippen molar-refractivity contribution in [1.82, 2.24) is 4.90 Å². The average molecular weight is 209 g/mol. The Morgan fingerprint density at radius 2 is 2.40 bits per heavy atom. The number of carbonyl (C=O) groups is 1. The Balaban J connectivity index is 2.24. The van der Waals surface area contributed by atoms with Crippen molar-refractivity contribution in [2.75, 3.05) is 27.2 Å². The molecule has 0 bridgehead atoms. The summed E-state index contributed by atoms with van der Waals surface area (Å²) in [7, 11) is 3.85. The minimum atomic E-state index is -0.353. The molecule has 0 unspecified atom stereocenters. The molecule has 1 aromatic rings. The molecule has 1 heterocycles. The third-order valence-corrected chi connectivity index (χ3v) is 1.71. The second-order valence-corrected chi connectivity index (χ2v) is 3.32. The lowest BCUT2D eigenvalue weighted by atomic mass is 10.4. The summed E-state index contributed by atoms with van der Waals surface area (Å²) < 4.78 is 9.97. The van der Waals surface area contributed by atoms with Crippen LogP contribution in [0.2, 0.25) is 0 Å². The van der Waals surface area contributed by atoms with Crippen molar-refractivity contribution in [3.05, 3.63) is 30.2 Å². The van der Waals surface area contributed by atoms with E-state index >= 15 is 0 Å². The monoisotopic (exact) mass is 209 g/mol. The molecule has 1 aromatic heterocycles. The van der Waals surface area contributed by atoms with E-state index in [1.165, 1.54) is 6.08 Å². The number of carbonyl (C=O) groups excluding carboxylic acids is 1. The molecular weight excluding hydrogens is 194 g/mol. The summed E-state index contributed by atoms with van der Waals surface area (Å²) in [5.41, 5.74) is 0. The van der Waals surface area contributed by atoms with E-state index in [4.69, 9.17) is 9.15 Å². The smallest absolute Gasteiger partial charge is 0.330 e. The van der Waals surface area contributed by atoms with E-state index in [0.717, 1.165) is 6.54 Å². The molecule has 0 atom stereocenters. The van der Waals surface area contributed by atoms with E-state index in [0.29, 0.717) is 12.4 Å². The lowest BCUT2D eigenvalue weighted by molar-refractivity contribution is -0.137. The fourth-order valence-corrected chi connectivity index (χ4v) is 0.913. The fourth-order valence-electron chi connectivity index (χ4n) is 0.913. The Hall–Kier alpha value is -1.55. The van der Waals surface area contributed by atoms with Crippen molar-refractivity contribution in [3.8, 4) is 0 Å². The summed E-state index contributed by atoms with van der Waals surface area (Å²) in [6.45, 7) is 1.12. The zero-order chi connectivity index (χ0) is 11.1. The summed E-state index contributed by atoms with van der Waals surface area (Å²) in [6.07, 6.45) is 4.49. The van der Waals surface area contributed by atoms with Gasteiger partial charge in [0.05, 0.1) is 6.26 Å². The molecule has 1 rings (SSSR count). The molecule has 15 heavy (non-hydrogen) atoms. The normalized spacial score (nSPS) is 11.1. The first-order valence-corrected chi connectivity index (χ1v) is 4.71. The number of furan rings is 1. The van der Waals surface area contributed by atoms with Gasteiger partial charge in [-0.1, -0.05) is 0 Å². The van der Waals surface area contributed by atoms with Crippen LogP contribution < -0.4 is 0 Å². The molecule has 0 aliphatic heterocycles. The van der Waals surface area contributed by atoms with Gasteiger partial charge in [0.25, 0.3) is 0 Å². The van der Waals surface area contributed by atoms with Crippen molar-refractivity contribution in [2.24, 2.45) is 0 Å². The van der Waals surface area contributed by atoms with Crippen molar-refractivity contribution in [3.63, 3.8) is 0 Å². The fraction of sp³-hybridized carbons (Fsp3) is 0.364. The van der Waals surface area contributed by atoms with Crippen LogP contribution in [0.15, 0.2) is 28.9 Å². The van der Waals surface area contributed by atoms with Crippen LogP contribution in [-0.2, 0) is 9.53 Å². The van der Waals surface area contributed by atoms with Gasteiger partial charge in [0, 0.05) is 12.6 Å². The molecule has 0 fully saturated rings. The lowest BCUT2D eigenvalue weighted by Gasteiger charge is -2.08. The minimum absolute atomic E-state index is 0.353. The van der Waals surface area contributed by atoms with Gasteiger partial charge in [-0.25, -0.2) is 4.79 Å². The van der Waals surface area contributed by atoms with E-state index in [-0.39, 0.29) is 5.97 Å². The molecule has 0 radical (unpaired) electrons. The minimum Gasteiger partial charge on any atom is -0.465 e. The summed E-state index contributed by atoms with van der Waals surface area (Å²) in [4.78, 5) is 13.1. The van der Waals surface area contributed by atoms with Crippen LogP contribution in [0.3, 0.4) is 0 Å². The Kier molecular flexibility index (Phi) is 4.63. The number of nitrogens with zero attached hydrogens (tertiary/aromatic N) is 1. The van der Waals surface area contributed by atoms with Crippen LogP contribution in [0.25, 0.3) is 6.08 Å². The van der Waals surface area contributed by atoms with Crippen molar-refractivity contribution >= 4 is 12.0 Å². The molecule has 0 aliphatic carbocycles. The maximum atomic E-state index is 11.2. The molecule has 0 N–H and O–H groups in total. The Morgan fingerprint density at radius 1 is 1.60 bits per heavy atom. The predicted molar refractivity (Wildman–Crippen MR) is 57.3 cm³/mol. The third kappa shape index (κ3) is 5.02. The summed E-state index contributed by atoms with van der Waals surface area (Å²) >= 11 is 0. The number of hydrogen-bond acceptors (Lipinski definition) is 4. The first-order valence-electron chi connectivity index (χ1n) is 4.71. The predicted octanol–water partition coefficient (Wildman–Crippen LogP) is 1.40. The summed E-state index contributed by atoms with van der Waals surface area (Å²) in [5.74, 6) is 0.285. The maximum absolute atomic E-state index is 11.2. The van der Waals surface area contributed by atoms with Crippen LogP contribution in [-0.4, -0.2) is 38.1 Å². The Bertz CT molecular complexity index is 315. The van der Waals surface area contributed by atoms with Gasteiger partial charge in [-0.3, -0.25) is 0 Å². The maximum Gasteiger partial charge on any atom is 0.330 e. The molecule has 4 heteroatoms. The topological polar surface area (TPSA) is 42.7 Å². The van der Waals surface area contributed by atoms with Gasteiger partial charge in [-0.05, 0) is 32.3 Å². The average Bonchev–Trinajstić information content (AvgIpc) is 2.66. The SMILES string of the molecule is CN(C)CCOC(=O)/C=C/c1ccco1. The van der Waals surface area contributed by atoms with E-state index < -0.39 is 0 Å². The molecule has 0 spiro atoms. The van der Waals surface area contributed by atoms with Gasteiger partial charge in [0.15, 0.2) is 0 Å². The number of esters is 1. The van der Waals surface area contributed by atoms with Crippen molar-refractivity contribution < 1.29 is 13.9 Å². The molecule has 0 saturated carbocycles. The third-order valence-electron chi connectivity index (χ3n) is 1.71. The molecule has 0 saturated heterocycles.